The van der Waals surface area contributed by atoms with Crippen LogP contribution in [0.5, 0.6) is 0 Å². The number of aryl methyl sites for hydroxylation is 1. The molecule has 0 aromatic heterocycles. The summed E-state index contributed by atoms with van der Waals surface area (Å²) in [7, 11) is 3.99. The molecule has 0 bridgehead atoms. The molecule has 2 aromatic carbocycles. The molecule has 5 heteroatoms. The number of carboxylic acid groups (broad SMARTS) is 1. The fourth-order valence-corrected chi connectivity index (χ4v) is 2.48. The molecule has 1 N–H and O–H groups in total. The van der Waals surface area contributed by atoms with Crippen molar-refractivity contribution in [1.29, 1.82) is 0 Å². The molecule has 25 heavy (non-hydrogen) atoms. The van der Waals surface area contributed by atoms with E-state index in [0.717, 1.165) is 35.5 Å². The summed E-state index contributed by atoms with van der Waals surface area (Å²) in [5.74, 6) is -1.07. The summed E-state index contributed by atoms with van der Waals surface area (Å²) < 4.78 is 0. The van der Waals surface area contributed by atoms with Crippen molar-refractivity contribution in [2.45, 2.75) is 26.2 Å². The van der Waals surface area contributed by atoms with E-state index < -0.39 is 5.97 Å². The van der Waals surface area contributed by atoms with Gasteiger partial charge < -0.3 is 10.0 Å². The molecular formula is C20H25N3O2. The molecule has 0 aliphatic carbocycles. The molecule has 0 radical (unpaired) electrons. The third kappa shape index (κ3) is 5.71. The maximum Gasteiger partial charge on any atom is 0.306 e. The summed E-state index contributed by atoms with van der Waals surface area (Å²) in [6.07, 6.45) is 2.23. The summed E-state index contributed by atoms with van der Waals surface area (Å²) in [5, 5.41) is 17.7. The van der Waals surface area contributed by atoms with Crippen molar-refractivity contribution in [2.75, 3.05) is 19.0 Å². The highest BCUT2D eigenvalue weighted by atomic mass is 16.4. The van der Waals surface area contributed by atoms with Gasteiger partial charge in [0.1, 0.15) is 0 Å². The normalized spacial score (nSPS) is 12.3. The third-order valence-electron chi connectivity index (χ3n) is 4.11. The van der Waals surface area contributed by atoms with Crippen molar-refractivity contribution in [3.05, 3.63) is 54.1 Å². The first kappa shape index (κ1) is 18.6. The Kier molecular flexibility index (Phi) is 6.69. The van der Waals surface area contributed by atoms with Crippen molar-refractivity contribution in [3.63, 3.8) is 0 Å². The van der Waals surface area contributed by atoms with Crippen molar-refractivity contribution >= 4 is 23.0 Å². The van der Waals surface area contributed by atoms with Crippen molar-refractivity contribution < 1.29 is 9.90 Å². The predicted octanol–water partition coefficient (Wildman–Crippen LogP) is 5.21. The Balaban J connectivity index is 2.17. The van der Waals surface area contributed by atoms with Gasteiger partial charge in [-0.2, -0.15) is 10.2 Å². The van der Waals surface area contributed by atoms with Crippen LogP contribution in [0.2, 0.25) is 0 Å². The third-order valence-corrected chi connectivity index (χ3v) is 4.11. The number of carbonyl (C=O) groups is 1. The molecule has 5 nitrogen and oxygen atoms in total. The Labute approximate surface area is 149 Å². The summed E-state index contributed by atoms with van der Waals surface area (Å²) in [5.41, 5.74) is 3.82. The number of anilines is 1. The minimum atomic E-state index is -0.744. The molecule has 0 spiro atoms. The highest BCUT2D eigenvalue weighted by molar-refractivity contribution is 5.69. The standard InChI is InChI=1S/C20H25N3O2/c1-15(20(24)25)8-7-9-16-14-18(23(2)3)12-13-19(16)22-21-17-10-5-4-6-11-17/h4-6,10-15H,7-9H2,1-3H3,(H,24,25). The highest BCUT2D eigenvalue weighted by Crippen LogP contribution is 2.28. The van der Waals surface area contributed by atoms with E-state index in [1.807, 2.05) is 61.5 Å². The van der Waals surface area contributed by atoms with Crippen LogP contribution in [0.25, 0.3) is 0 Å². The van der Waals surface area contributed by atoms with E-state index in [9.17, 15) is 4.79 Å². The summed E-state index contributed by atoms with van der Waals surface area (Å²) in [6, 6.07) is 15.7. The van der Waals surface area contributed by atoms with Crippen LogP contribution in [0.1, 0.15) is 25.3 Å². The van der Waals surface area contributed by atoms with Crippen LogP contribution in [0.15, 0.2) is 58.8 Å². The van der Waals surface area contributed by atoms with Crippen LogP contribution in [-0.2, 0) is 11.2 Å². The Bertz CT molecular complexity index is 727. The lowest BCUT2D eigenvalue weighted by Gasteiger charge is -2.15. The molecule has 2 aromatic rings. The first-order valence-electron chi connectivity index (χ1n) is 8.47. The first-order valence-corrected chi connectivity index (χ1v) is 8.47. The average molecular weight is 339 g/mol. The van der Waals surface area contributed by atoms with Crippen LogP contribution in [0, 0.1) is 5.92 Å². The Morgan fingerprint density at radius 3 is 2.48 bits per heavy atom. The van der Waals surface area contributed by atoms with E-state index in [2.05, 4.69) is 16.3 Å². The predicted molar refractivity (Wildman–Crippen MR) is 101 cm³/mol. The molecule has 0 saturated heterocycles. The van der Waals surface area contributed by atoms with Gasteiger partial charge in [0.2, 0.25) is 0 Å². The zero-order valence-electron chi connectivity index (χ0n) is 15.0. The van der Waals surface area contributed by atoms with Crippen LogP contribution >= 0.6 is 0 Å². The van der Waals surface area contributed by atoms with E-state index in [-0.39, 0.29) is 5.92 Å². The van der Waals surface area contributed by atoms with E-state index in [1.54, 1.807) is 6.92 Å². The van der Waals surface area contributed by atoms with Gasteiger partial charge in [-0.05, 0) is 55.2 Å². The molecular weight excluding hydrogens is 314 g/mol. The number of azo groups is 1. The second-order valence-electron chi connectivity index (χ2n) is 6.37. The van der Waals surface area contributed by atoms with E-state index in [4.69, 9.17) is 5.11 Å². The molecule has 132 valence electrons. The first-order chi connectivity index (χ1) is 12.0. The van der Waals surface area contributed by atoms with Gasteiger partial charge in [0.15, 0.2) is 0 Å². The number of hydrogen-bond acceptors (Lipinski definition) is 4. The lowest BCUT2D eigenvalue weighted by Crippen LogP contribution is -2.10. The van der Waals surface area contributed by atoms with E-state index >= 15 is 0 Å². The zero-order chi connectivity index (χ0) is 18.2. The van der Waals surface area contributed by atoms with Gasteiger partial charge in [-0.25, -0.2) is 0 Å². The molecule has 0 aliphatic rings. The number of carboxylic acids is 1. The van der Waals surface area contributed by atoms with Crippen LogP contribution in [0.3, 0.4) is 0 Å². The van der Waals surface area contributed by atoms with Gasteiger partial charge in [-0.3, -0.25) is 4.79 Å². The fraction of sp³-hybridized carbons (Fsp3) is 0.350. The topological polar surface area (TPSA) is 65.3 Å². The molecule has 1 atom stereocenters. The zero-order valence-corrected chi connectivity index (χ0v) is 15.0. The SMILES string of the molecule is CC(CCCc1cc(N(C)C)ccc1N=Nc1ccccc1)C(=O)O. The van der Waals surface area contributed by atoms with Gasteiger partial charge >= 0.3 is 5.97 Å². The van der Waals surface area contributed by atoms with Crippen LogP contribution < -0.4 is 4.90 Å². The monoisotopic (exact) mass is 339 g/mol. The lowest BCUT2D eigenvalue weighted by molar-refractivity contribution is -0.141. The number of benzene rings is 2. The largest absolute Gasteiger partial charge is 0.481 e. The molecule has 0 fully saturated rings. The summed E-state index contributed by atoms with van der Waals surface area (Å²) in [6.45, 7) is 1.74. The van der Waals surface area contributed by atoms with Gasteiger partial charge in [-0.15, -0.1) is 0 Å². The van der Waals surface area contributed by atoms with Gasteiger partial charge in [0.05, 0.1) is 17.3 Å². The van der Waals surface area contributed by atoms with Crippen LogP contribution in [0.4, 0.5) is 17.1 Å². The maximum atomic E-state index is 11.0. The maximum absolute atomic E-state index is 11.0. The minimum absolute atomic E-state index is 0.327. The van der Waals surface area contributed by atoms with Gasteiger partial charge in [-0.1, -0.05) is 25.1 Å². The fourth-order valence-electron chi connectivity index (χ4n) is 2.48. The Morgan fingerprint density at radius 1 is 1.12 bits per heavy atom. The number of rotatable bonds is 8. The van der Waals surface area contributed by atoms with Gasteiger partial charge in [0.25, 0.3) is 0 Å². The quantitative estimate of drug-likeness (QED) is 0.671. The average Bonchev–Trinajstić information content (AvgIpc) is 2.61. The molecule has 0 aliphatic heterocycles. The van der Waals surface area contributed by atoms with E-state index in [0.29, 0.717) is 6.42 Å². The minimum Gasteiger partial charge on any atom is -0.481 e. The number of nitrogens with zero attached hydrogens (tertiary/aromatic N) is 3. The number of aliphatic carboxylic acids is 1. The molecule has 0 amide bonds. The second-order valence-corrected chi connectivity index (χ2v) is 6.37. The molecule has 1 unspecified atom stereocenters. The smallest absolute Gasteiger partial charge is 0.306 e. The van der Waals surface area contributed by atoms with E-state index in [1.165, 1.54) is 0 Å². The van der Waals surface area contributed by atoms with Crippen LogP contribution in [-0.4, -0.2) is 25.2 Å². The molecule has 0 heterocycles. The molecule has 2 rings (SSSR count). The number of hydrogen-bond donors (Lipinski definition) is 1. The van der Waals surface area contributed by atoms with Crippen molar-refractivity contribution in [2.24, 2.45) is 16.1 Å². The summed E-state index contributed by atoms with van der Waals surface area (Å²) >= 11 is 0. The summed E-state index contributed by atoms with van der Waals surface area (Å²) in [4.78, 5) is 13.0. The highest BCUT2D eigenvalue weighted by Gasteiger charge is 2.11. The van der Waals surface area contributed by atoms with Crippen molar-refractivity contribution in [1.82, 2.24) is 0 Å². The molecule has 0 saturated carbocycles. The van der Waals surface area contributed by atoms with Crippen molar-refractivity contribution in [3.8, 4) is 0 Å². The lowest BCUT2D eigenvalue weighted by atomic mass is 10.00. The van der Waals surface area contributed by atoms with Gasteiger partial charge in [0, 0.05) is 19.8 Å². The second kappa shape index (κ2) is 8.97. The Morgan fingerprint density at radius 2 is 1.84 bits per heavy atom. The Hall–Kier alpha value is -2.69.